The van der Waals surface area contributed by atoms with Crippen LogP contribution in [0.3, 0.4) is 0 Å². The lowest BCUT2D eigenvalue weighted by atomic mass is 9.94. The predicted molar refractivity (Wildman–Crippen MR) is 96.9 cm³/mol. The summed E-state index contributed by atoms with van der Waals surface area (Å²) >= 11 is 0. The van der Waals surface area contributed by atoms with Crippen molar-refractivity contribution in [2.75, 3.05) is 7.05 Å². The van der Waals surface area contributed by atoms with Gasteiger partial charge in [-0.3, -0.25) is 9.36 Å². The Bertz CT molecular complexity index is 850. The number of carbonyl (C=O) groups excluding carboxylic acids is 1. The largest absolute Gasteiger partial charge is 0.339 e. The smallest absolute Gasteiger partial charge is 0.255 e. The molecule has 0 radical (unpaired) electrons. The Kier molecular flexibility index (Phi) is 4.22. The van der Waals surface area contributed by atoms with Crippen LogP contribution in [0.2, 0.25) is 0 Å². The average molecular weight is 334 g/mol. The van der Waals surface area contributed by atoms with E-state index in [1.165, 1.54) is 19.3 Å². The first kappa shape index (κ1) is 15.8. The van der Waals surface area contributed by atoms with E-state index < -0.39 is 0 Å². The van der Waals surface area contributed by atoms with E-state index in [9.17, 15) is 4.79 Å². The van der Waals surface area contributed by atoms with Gasteiger partial charge >= 0.3 is 0 Å². The number of benzene rings is 1. The first-order valence-corrected chi connectivity index (χ1v) is 8.90. The second-order valence-electron chi connectivity index (χ2n) is 6.69. The molecule has 1 amide bonds. The number of pyridine rings is 1. The van der Waals surface area contributed by atoms with Crippen LogP contribution in [0.15, 0.2) is 48.9 Å². The maximum absolute atomic E-state index is 13.2. The molecule has 2 aliphatic heterocycles. The molecule has 2 heterocycles. The zero-order valence-corrected chi connectivity index (χ0v) is 14.4. The minimum absolute atomic E-state index is 0.0755. The maximum Gasteiger partial charge on any atom is 0.255 e. The van der Waals surface area contributed by atoms with Crippen molar-refractivity contribution in [3.05, 3.63) is 54.5 Å². The molecule has 1 fully saturated rings. The molecule has 3 aliphatic rings. The maximum atomic E-state index is 13.2. The van der Waals surface area contributed by atoms with Crippen LogP contribution >= 0.6 is 0 Å². The summed E-state index contributed by atoms with van der Waals surface area (Å²) in [6.45, 7) is 0. The second kappa shape index (κ2) is 6.67. The molecule has 0 aromatic heterocycles. The molecule has 1 aromatic rings. The Balaban J connectivity index is 1.72. The topological polar surface area (TPSA) is 51.0 Å². The Morgan fingerprint density at radius 3 is 2.72 bits per heavy atom. The van der Waals surface area contributed by atoms with Gasteiger partial charge in [0.25, 0.3) is 5.91 Å². The van der Waals surface area contributed by atoms with Gasteiger partial charge in [-0.15, -0.1) is 0 Å². The number of para-hydroxylation sites is 1. The number of nitrogens with zero attached hydrogens (tertiary/aromatic N) is 4. The number of carbonyl (C=O) groups is 1. The first-order valence-electron chi connectivity index (χ1n) is 8.90. The average Bonchev–Trinajstić information content (AvgIpc) is 3.16. The van der Waals surface area contributed by atoms with Gasteiger partial charge in [0.05, 0.1) is 11.3 Å². The summed E-state index contributed by atoms with van der Waals surface area (Å²) in [6, 6.07) is 11.9. The van der Waals surface area contributed by atoms with Crippen LogP contribution in [0.4, 0.5) is 0 Å². The van der Waals surface area contributed by atoms with Crippen molar-refractivity contribution in [3.8, 4) is 17.2 Å². The molecule has 0 bridgehead atoms. The standard InChI is InChI=1S/C20H22N4O/c1-23(15-8-3-2-4-9-15)20(25)16-10-5-6-12-18(16)24-13-7-11-17-19(24)22-14-21-17/h5-7,10-15H,2-4,8-9H2,1H3. The van der Waals surface area contributed by atoms with Crippen LogP contribution in [-0.2, 0) is 0 Å². The molecule has 25 heavy (non-hydrogen) atoms. The fraction of sp³-hybridized carbons (Fsp3) is 0.350. The minimum Gasteiger partial charge on any atom is -0.339 e. The van der Waals surface area contributed by atoms with Crippen LogP contribution in [0.5, 0.6) is 0 Å². The summed E-state index contributed by atoms with van der Waals surface area (Å²) in [7, 11) is 1.93. The third-order valence-corrected chi connectivity index (χ3v) is 5.16. The zero-order valence-electron chi connectivity index (χ0n) is 14.4. The normalized spacial score (nSPS) is 15.4. The van der Waals surface area contributed by atoms with Gasteiger partial charge in [-0.25, -0.2) is 9.97 Å². The number of fused-ring (bicyclic) bond motifs is 1. The third-order valence-electron chi connectivity index (χ3n) is 5.16. The summed E-state index contributed by atoms with van der Waals surface area (Å²) < 4.78 is 1.95. The lowest BCUT2D eigenvalue weighted by Crippen LogP contribution is -2.38. The number of aromatic nitrogens is 3. The lowest BCUT2D eigenvalue weighted by Gasteiger charge is -2.32. The van der Waals surface area contributed by atoms with Gasteiger partial charge in [0.1, 0.15) is 12.0 Å². The van der Waals surface area contributed by atoms with E-state index in [1.54, 1.807) is 6.33 Å². The summed E-state index contributed by atoms with van der Waals surface area (Å²) in [5.41, 5.74) is 2.38. The SMILES string of the molecule is CN(C(=O)c1ccccc1-n1cccc2ncnc1-2)C1CCCCC1. The van der Waals surface area contributed by atoms with E-state index in [4.69, 9.17) is 0 Å². The number of amides is 1. The fourth-order valence-corrected chi connectivity index (χ4v) is 3.75. The number of imidazole rings is 1. The Morgan fingerprint density at radius 1 is 1.08 bits per heavy atom. The van der Waals surface area contributed by atoms with Crippen molar-refractivity contribution in [2.45, 2.75) is 38.1 Å². The quantitative estimate of drug-likeness (QED) is 0.732. The molecule has 0 N–H and O–H groups in total. The first-order chi connectivity index (χ1) is 12.3. The highest BCUT2D eigenvalue weighted by Gasteiger charge is 2.25. The van der Waals surface area contributed by atoms with E-state index in [2.05, 4.69) is 9.97 Å². The molecule has 1 aromatic carbocycles. The summed E-state index contributed by atoms with van der Waals surface area (Å²) in [5.74, 6) is 0.842. The summed E-state index contributed by atoms with van der Waals surface area (Å²) in [4.78, 5) is 23.7. The van der Waals surface area contributed by atoms with Crippen molar-refractivity contribution >= 4 is 5.91 Å². The van der Waals surface area contributed by atoms with E-state index in [0.717, 1.165) is 30.0 Å². The lowest BCUT2D eigenvalue weighted by molar-refractivity contribution is 0.0696. The van der Waals surface area contributed by atoms with Crippen molar-refractivity contribution in [1.29, 1.82) is 0 Å². The van der Waals surface area contributed by atoms with Crippen molar-refractivity contribution in [1.82, 2.24) is 19.4 Å². The van der Waals surface area contributed by atoms with Crippen molar-refractivity contribution < 1.29 is 4.79 Å². The van der Waals surface area contributed by atoms with Gasteiger partial charge in [-0.2, -0.15) is 0 Å². The Hall–Kier alpha value is -2.69. The molecule has 1 saturated carbocycles. The van der Waals surface area contributed by atoms with Crippen LogP contribution < -0.4 is 0 Å². The Labute approximate surface area is 147 Å². The molecule has 1 aliphatic carbocycles. The van der Waals surface area contributed by atoms with Crippen molar-refractivity contribution in [2.24, 2.45) is 0 Å². The van der Waals surface area contributed by atoms with Crippen LogP contribution in [0.1, 0.15) is 42.5 Å². The monoisotopic (exact) mass is 334 g/mol. The molecule has 0 unspecified atom stereocenters. The summed E-state index contributed by atoms with van der Waals surface area (Å²) in [6.07, 6.45) is 9.39. The van der Waals surface area contributed by atoms with E-state index in [1.807, 2.05) is 59.1 Å². The molecule has 0 atom stereocenters. The molecule has 0 spiro atoms. The molecule has 128 valence electrons. The van der Waals surface area contributed by atoms with Crippen molar-refractivity contribution in [3.63, 3.8) is 0 Å². The molecule has 0 saturated heterocycles. The third kappa shape index (κ3) is 2.90. The summed E-state index contributed by atoms with van der Waals surface area (Å²) in [5, 5.41) is 0. The van der Waals surface area contributed by atoms with Crippen LogP contribution in [0, 0.1) is 0 Å². The van der Waals surface area contributed by atoms with Gasteiger partial charge in [-0.05, 0) is 37.1 Å². The second-order valence-corrected chi connectivity index (χ2v) is 6.69. The molecule has 4 rings (SSSR count). The van der Waals surface area contributed by atoms with Crippen LogP contribution in [-0.4, -0.2) is 38.4 Å². The Morgan fingerprint density at radius 2 is 1.88 bits per heavy atom. The highest BCUT2D eigenvalue weighted by Crippen LogP contribution is 2.27. The van der Waals surface area contributed by atoms with Gasteiger partial charge in [0.15, 0.2) is 5.82 Å². The highest BCUT2D eigenvalue weighted by atomic mass is 16.2. The molecule has 5 heteroatoms. The molecule has 5 nitrogen and oxygen atoms in total. The van der Waals surface area contributed by atoms with E-state index in [-0.39, 0.29) is 5.91 Å². The number of rotatable bonds is 3. The predicted octanol–water partition coefficient (Wildman–Crippen LogP) is 3.78. The van der Waals surface area contributed by atoms with Crippen LogP contribution in [0.25, 0.3) is 17.2 Å². The van der Waals surface area contributed by atoms with Gasteiger partial charge in [0.2, 0.25) is 0 Å². The molecular weight excluding hydrogens is 312 g/mol. The van der Waals surface area contributed by atoms with Gasteiger partial charge < -0.3 is 4.90 Å². The van der Waals surface area contributed by atoms with Gasteiger partial charge in [0, 0.05) is 19.3 Å². The van der Waals surface area contributed by atoms with E-state index in [0.29, 0.717) is 11.6 Å². The zero-order chi connectivity index (χ0) is 17.2. The number of hydrogen-bond acceptors (Lipinski definition) is 3. The molecular formula is C20H22N4O. The number of hydrogen-bond donors (Lipinski definition) is 0. The minimum atomic E-state index is 0.0755. The van der Waals surface area contributed by atoms with E-state index >= 15 is 0 Å². The fourth-order valence-electron chi connectivity index (χ4n) is 3.75. The van der Waals surface area contributed by atoms with Gasteiger partial charge in [-0.1, -0.05) is 31.4 Å². The highest BCUT2D eigenvalue weighted by molar-refractivity contribution is 5.98.